The van der Waals surface area contributed by atoms with E-state index in [-0.39, 0.29) is 6.04 Å². The third-order valence-electron chi connectivity index (χ3n) is 11.2. The van der Waals surface area contributed by atoms with Gasteiger partial charge in [0.2, 0.25) is 0 Å². The van der Waals surface area contributed by atoms with Crippen molar-refractivity contribution in [3.05, 3.63) is 190 Å². The summed E-state index contributed by atoms with van der Waals surface area (Å²) in [6.07, 6.45) is 40.2. The predicted octanol–water partition coefficient (Wildman–Crippen LogP) is 12.2. The van der Waals surface area contributed by atoms with E-state index in [4.69, 9.17) is 0 Å². The van der Waals surface area contributed by atoms with Crippen LogP contribution in [0.1, 0.15) is 68.4 Å². The lowest BCUT2D eigenvalue weighted by Crippen LogP contribution is -2.42. The van der Waals surface area contributed by atoms with E-state index in [0.717, 1.165) is 44.9 Å². The van der Waals surface area contributed by atoms with Crippen molar-refractivity contribution < 1.29 is 0 Å². The minimum atomic E-state index is 0.269. The first-order chi connectivity index (χ1) is 23.8. The molecule has 6 aliphatic carbocycles. The summed E-state index contributed by atoms with van der Waals surface area (Å²) in [6, 6.07) is 25.4. The van der Waals surface area contributed by atoms with Gasteiger partial charge in [0, 0.05) is 23.2 Å². The molecule has 236 valence electrons. The number of nitrogens with zero attached hydrogens (tertiary/aromatic N) is 1. The third kappa shape index (κ3) is 5.56. The Hall–Kier alpha value is -4.88. The molecule has 0 fully saturated rings. The Morgan fingerprint density at radius 3 is 2.52 bits per heavy atom. The van der Waals surface area contributed by atoms with Gasteiger partial charge in [-0.15, -0.1) is 0 Å². The van der Waals surface area contributed by atoms with Crippen LogP contribution in [0.2, 0.25) is 0 Å². The minimum absolute atomic E-state index is 0.269. The molecule has 3 aromatic carbocycles. The maximum atomic E-state index is 2.67. The summed E-state index contributed by atoms with van der Waals surface area (Å²) in [6.45, 7) is 0. The van der Waals surface area contributed by atoms with Gasteiger partial charge in [0.15, 0.2) is 0 Å². The molecular formula is C47H43N. The van der Waals surface area contributed by atoms with Crippen LogP contribution < -0.4 is 4.90 Å². The lowest BCUT2D eigenvalue weighted by molar-refractivity contribution is 0.480. The molecule has 1 heteroatoms. The molecule has 0 radical (unpaired) electrons. The van der Waals surface area contributed by atoms with E-state index in [2.05, 4.69) is 151 Å². The summed E-state index contributed by atoms with van der Waals surface area (Å²) < 4.78 is 0. The molecule has 0 heterocycles. The van der Waals surface area contributed by atoms with Crippen molar-refractivity contribution in [1.29, 1.82) is 0 Å². The molecular weight excluding hydrogens is 579 g/mol. The highest BCUT2D eigenvalue weighted by Gasteiger charge is 2.36. The van der Waals surface area contributed by atoms with E-state index in [1.807, 2.05) is 0 Å². The predicted molar refractivity (Wildman–Crippen MR) is 204 cm³/mol. The molecule has 48 heavy (non-hydrogen) atoms. The number of rotatable bonds is 5. The van der Waals surface area contributed by atoms with Crippen molar-refractivity contribution in [2.24, 2.45) is 5.92 Å². The van der Waals surface area contributed by atoms with Crippen LogP contribution in [0.3, 0.4) is 0 Å². The molecule has 3 atom stereocenters. The van der Waals surface area contributed by atoms with Gasteiger partial charge in [0.1, 0.15) is 0 Å². The van der Waals surface area contributed by atoms with E-state index in [0.29, 0.717) is 11.8 Å². The Labute approximate surface area is 285 Å². The molecule has 1 nitrogen and oxygen atoms in total. The van der Waals surface area contributed by atoms with Crippen LogP contribution >= 0.6 is 0 Å². The second kappa shape index (κ2) is 12.6. The van der Waals surface area contributed by atoms with Gasteiger partial charge in [-0.2, -0.15) is 0 Å². The van der Waals surface area contributed by atoms with Gasteiger partial charge < -0.3 is 4.90 Å². The third-order valence-corrected chi connectivity index (χ3v) is 11.2. The van der Waals surface area contributed by atoms with Crippen molar-refractivity contribution >= 4 is 22.0 Å². The standard InChI is InChI=1S/C47H43N/c1-2-13-39-31-40(20-19-35(39)12-1)37-23-27-43(28-24-37)48(47-32-41-14-3-4-16-44(41)45-17-5-6-18-46(45)47)42-25-21-36(22-26-42)38-15-8-10-33-9-7-11-34(29-33)30-38/h1-3,5,7,9,11-15,17,19-23,25-28,30-32,37,46-47H,4,6,8,10,16,18,24,29H2/b34-30-,38-15+. The molecule has 2 bridgehead atoms. The first-order valence-corrected chi connectivity index (χ1v) is 18.1. The molecule has 0 spiro atoms. The molecule has 3 unspecified atom stereocenters. The summed E-state index contributed by atoms with van der Waals surface area (Å²) in [5, 5.41) is 2.63. The summed E-state index contributed by atoms with van der Waals surface area (Å²) >= 11 is 0. The van der Waals surface area contributed by atoms with Gasteiger partial charge >= 0.3 is 0 Å². The first-order valence-electron chi connectivity index (χ1n) is 18.1. The van der Waals surface area contributed by atoms with E-state index < -0.39 is 0 Å². The Balaban J connectivity index is 1.08. The summed E-state index contributed by atoms with van der Waals surface area (Å²) in [4.78, 5) is 2.67. The first kappa shape index (κ1) is 29.3. The van der Waals surface area contributed by atoms with Crippen molar-refractivity contribution in [2.75, 3.05) is 4.90 Å². The smallest absolute Gasteiger partial charge is 0.0599 e. The van der Waals surface area contributed by atoms with Crippen LogP contribution in [0.15, 0.2) is 179 Å². The van der Waals surface area contributed by atoms with Gasteiger partial charge in [-0.3, -0.25) is 0 Å². The number of anilines is 1. The van der Waals surface area contributed by atoms with Crippen LogP contribution in [-0.2, 0) is 0 Å². The zero-order valence-electron chi connectivity index (χ0n) is 27.7. The molecule has 3 aromatic rings. The number of fused-ring (bicyclic) bond motifs is 5. The average Bonchev–Trinajstić information content (AvgIpc) is 3.14. The topological polar surface area (TPSA) is 3.24 Å². The fourth-order valence-electron chi connectivity index (χ4n) is 8.76. The number of hydrogen-bond acceptors (Lipinski definition) is 1. The molecule has 0 saturated carbocycles. The largest absolute Gasteiger partial charge is 0.334 e. The van der Waals surface area contributed by atoms with Crippen LogP contribution in [-0.4, -0.2) is 6.04 Å². The number of benzene rings is 3. The van der Waals surface area contributed by atoms with Crippen LogP contribution in [0, 0.1) is 5.92 Å². The molecule has 6 aliphatic rings. The summed E-state index contributed by atoms with van der Waals surface area (Å²) in [5.74, 6) is 0.877. The fourth-order valence-corrected chi connectivity index (χ4v) is 8.76. The maximum Gasteiger partial charge on any atom is 0.0599 e. The Bertz CT molecular complexity index is 2080. The normalized spacial score (nSPS) is 26.6. The quantitative estimate of drug-likeness (QED) is 0.274. The van der Waals surface area contributed by atoms with Crippen molar-refractivity contribution in [3.8, 4) is 0 Å². The maximum absolute atomic E-state index is 2.67. The molecule has 0 aromatic heterocycles. The zero-order chi connectivity index (χ0) is 31.9. The van der Waals surface area contributed by atoms with Crippen LogP contribution in [0.4, 0.5) is 5.69 Å². The fraction of sp³-hybridized carbons (Fsp3) is 0.234. The van der Waals surface area contributed by atoms with Gasteiger partial charge in [-0.05, 0) is 119 Å². The zero-order valence-corrected chi connectivity index (χ0v) is 27.7. The van der Waals surface area contributed by atoms with E-state index in [9.17, 15) is 0 Å². The lowest BCUT2D eigenvalue weighted by Gasteiger charge is -2.44. The van der Waals surface area contributed by atoms with Crippen molar-refractivity contribution in [3.63, 3.8) is 0 Å². The molecule has 0 saturated heterocycles. The summed E-state index contributed by atoms with van der Waals surface area (Å²) in [5.41, 5.74) is 14.2. The van der Waals surface area contributed by atoms with Gasteiger partial charge in [-0.1, -0.05) is 133 Å². The van der Waals surface area contributed by atoms with Gasteiger partial charge in [-0.25, -0.2) is 0 Å². The highest BCUT2D eigenvalue weighted by atomic mass is 15.2. The molecule has 0 aliphatic heterocycles. The van der Waals surface area contributed by atoms with Crippen LogP contribution in [0.25, 0.3) is 16.3 Å². The van der Waals surface area contributed by atoms with E-state index in [1.54, 1.807) is 16.7 Å². The van der Waals surface area contributed by atoms with Gasteiger partial charge in [0.25, 0.3) is 0 Å². The molecule has 9 rings (SSSR count). The Morgan fingerprint density at radius 2 is 1.62 bits per heavy atom. The monoisotopic (exact) mass is 621 g/mol. The second-order valence-electron chi connectivity index (χ2n) is 14.2. The molecule has 0 amide bonds. The average molecular weight is 622 g/mol. The van der Waals surface area contributed by atoms with Crippen LogP contribution in [0.5, 0.6) is 0 Å². The Kier molecular flexibility index (Phi) is 7.70. The molecule has 0 N–H and O–H groups in total. The van der Waals surface area contributed by atoms with E-state index >= 15 is 0 Å². The minimum Gasteiger partial charge on any atom is -0.334 e. The highest BCUT2D eigenvalue weighted by Crippen LogP contribution is 2.45. The van der Waals surface area contributed by atoms with Gasteiger partial charge in [0.05, 0.1) is 6.04 Å². The Morgan fingerprint density at radius 1 is 0.729 bits per heavy atom. The summed E-state index contributed by atoms with van der Waals surface area (Å²) in [7, 11) is 0. The number of hydrogen-bond donors (Lipinski definition) is 0. The van der Waals surface area contributed by atoms with Crippen molar-refractivity contribution in [2.45, 2.75) is 63.3 Å². The lowest BCUT2D eigenvalue weighted by atomic mass is 9.72. The SMILES string of the molecule is C1=C/C2=C/C(c3ccc(N(C4=CCC(c5ccc6ccccc6c5)C=C4)C4C=C5C=CCCC5=C5C=CCCC54)cc3)=C\CCC(=C1)C2. The highest BCUT2D eigenvalue weighted by molar-refractivity contribution is 5.83. The van der Waals surface area contributed by atoms with E-state index in [1.165, 1.54) is 56.4 Å². The second-order valence-corrected chi connectivity index (χ2v) is 14.2. The van der Waals surface area contributed by atoms with Crippen molar-refractivity contribution in [1.82, 2.24) is 0 Å². The number of allylic oxidation sites excluding steroid dienone is 17.